The molecule has 0 spiro atoms. The van der Waals surface area contributed by atoms with Crippen molar-refractivity contribution in [2.45, 2.75) is 26.3 Å². The van der Waals surface area contributed by atoms with Crippen molar-refractivity contribution in [2.24, 2.45) is 0 Å². The van der Waals surface area contributed by atoms with E-state index in [1.54, 1.807) is 25.6 Å². The molecule has 1 aromatic carbocycles. The third kappa shape index (κ3) is 4.23. The summed E-state index contributed by atoms with van der Waals surface area (Å²) in [6, 6.07) is 7.52. The Morgan fingerprint density at radius 2 is 2.08 bits per heavy atom. The summed E-state index contributed by atoms with van der Waals surface area (Å²) in [5.41, 5.74) is 2.78. The SMILES string of the molecule is COc1ccc(C)cc1C(C)NC(=O)Cc1csc(-c2ncccn2)n1. The number of hydrogen-bond acceptors (Lipinski definition) is 6. The zero-order valence-electron chi connectivity index (χ0n) is 14.9. The van der Waals surface area contributed by atoms with Gasteiger partial charge in [0.15, 0.2) is 10.8 Å². The molecule has 2 aromatic heterocycles. The second kappa shape index (κ2) is 8.05. The van der Waals surface area contributed by atoms with Gasteiger partial charge in [-0.15, -0.1) is 11.3 Å². The summed E-state index contributed by atoms with van der Waals surface area (Å²) in [4.78, 5) is 25.2. The largest absolute Gasteiger partial charge is 0.496 e. The molecule has 1 atom stereocenters. The molecule has 0 saturated carbocycles. The third-order valence-corrected chi connectivity index (χ3v) is 4.77. The number of aryl methyl sites for hydroxylation is 1. The van der Waals surface area contributed by atoms with Crippen molar-refractivity contribution in [1.29, 1.82) is 0 Å². The van der Waals surface area contributed by atoms with E-state index < -0.39 is 0 Å². The number of carbonyl (C=O) groups is 1. The third-order valence-electron chi connectivity index (χ3n) is 3.88. The highest BCUT2D eigenvalue weighted by atomic mass is 32.1. The van der Waals surface area contributed by atoms with Gasteiger partial charge in [0.05, 0.1) is 25.3 Å². The van der Waals surface area contributed by atoms with E-state index in [2.05, 4.69) is 20.3 Å². The predicted molar refractivity (Wildman–Crippen MR) is 101 cm³/mol. The number of carbonyl (C=O) groups excluding carboxylic acids is 1. The highest BCUT2D eigenvalue weighted by molar-refractivity contribution is 7.13. The molecule has 0 fully saturated rings. The quantitative estimate of drug-likeness (QED) is 0.722. The molecule has 0 aliphatic heterocycles. The van der Waals surface area contributed by atoms with Crippen LogP contribution in [0.15, 0.2) is 42.0 Å². The van der Waals surface area contributed by atoms with E-state index in [9.17, 15) is 4.79 Å². The Morgan fingerprint density at radius 3 is 2.81 bits per heavy atom. The average Bonchev–Trinajstić information content (AvgIpc) is 3.10. The summed E-state index contributed by atoms with van der Waals surface area (Å²) in [5.74, 6) is 1.24. The van der Waals surface area contributed by atoms with Gasteiger partial charge >= 0.3 is 0 Å². The molecule has 134 valence electrons. The van der Waals surface area contributed by atoms with Crippen LogP contribution in [0.2, 0.25) is 0 Å². The van der Waals surface area contributed by atoms with Gasteiger partial charge in [-0.05, 0) is 26.0 Å². The number of methoxy groups -OCH3 is 1. The second-order valence-corrected chi connectivity index (χ2v) is 6.79. The van der Waals surface area contributed by atoms with Gasteiger partial charge in [0.25, 0.3) is 0 Å². The molecule has 26 heavy (non-hydrogen) atoms. The zero-order chi connectivity index (χ0) is 18.5. The lowest BCUT2D eigenvalue weighted by atomic mass is 10.0. The van der Waals surface area contributed by atoms with E-state index in [-0.39, 0.29) is 18.4 Å². The molecule has 3 aromatic rings. The number of aromatic nitrogens is 3. The predicted octanol–water partition coefficient (Wildman–Crippen LogP) is 3.34. The van der Waals surface area contributed by atoms with Crippen LogP contribution < -0.4 is 10.1 Å². The van der Waals surface area contributed by atoms with Crippen molar-refractivity contribution in [3.8, 4) is 16.6 Å². The standard InChI is InChI=1S/C19H20N4O2S/c1-12-5-6-16(25-3)15(9-12)13(2)22-17(24)10-14-11-26-19(23-14)18-20-7-4-8-21-18/h4-9,11,13H,10H2,1-3H3,(H,22,24). The summed E-state index contributed by atoms with van der Waals surface area (Å²) < 4.78 is 5.40. The molecule has 2 heterocycles. The van der Waals surface area contributed by atoms with E-state index in [1.807, 2.05) is 37.4 Å². The Bertz CT molecular complexity index is 896. The highest BCUT2D eigenvalue weighted by Crippen LogP contribution is 2.26. The first-order valence-electron chi connectivity index (χ1n) is 8.22. The van der Waals surface area contributed by atoms with Gasteiger partial charge in [-0.25, -0.2) is 15.0 Å². The number of hydrogen-bond donors (Lipinski definition) is 1. The molecule has 1 amide bonds. The van der Waals surface area contributed by atoms with Gasteiger partial charge < -0.3 is 10.1 Å². The first kappa shape index (κ1) is 18.0. The molecular weight excluding hydrogens is 348 g/mol. The maximum Gasteiger partial charge on any atom is 0.226 e. The number of ether oxygens (including phenoxy) is 1. The van der Waals surface area contributed by atoms with Crippen molar-refractivity contribution in [1.82, 2.24) is 20.3 Å². The van der Waals surface area contributed by atoms with Crippen LogP contribution in [-0.4, -0.2) is 28.0 Å². The molecule has 3 rings (SSSR count). The molecule has 0 saturated heterocycles. The van der Waals surface area contributed by atoms with Crippen LogP contribution in [0, 0.1) is 6.92 Å². The molecule has 0 aliphatic rings. The Balaban J connectivity index is 1.66. The smallest absolute Gasteiger partial charge is 0.226 e. The van der Waals surface area contributed by atoms with Crippen molar-refractivity contribution in [3.63, 3.8) is 0 Å². The van der Waals surface area contributed by atoms with Crippen LogP contribution in [0.5, 0.6) is 5.75 Å². The maximum atomic E-state index is 12.4. The minimum atomic E-state index is -0.159. The lowest BCUT2D eigenvalue weighted by Crippen LogP contribution is -2.28. The maximum absolute atomic E-state index is 12.4. The van der Waals surface area contributed by atoms with E-state index in [4.69, 9.17) is 4.74 Å². The molecule has 1 N–H and O–H groups in total. The molecule has 0 bridgehead atoms. The Hall–Kier alpha value is -2.80. The van der Waals surface area contributed by atoms with Crippen molar-refractivity contribution in [2.75, 3.05) is 7.11 Å². The van der Waals surface area contributed by atoms with E-state index in [0.29, 0.717) is 16.5 Å². The summed E-state index contributed by atoms with van der Waals surface area (Å²) in [6.07, 6.45) is 3.56. The van der Waals surface area contributed by atoms with Crippen molar-refractivity contribution in [3.05, 3.63) is 58.9 Å². The number of nitrogens with one attached hydrogen (secondary N) is 1. The molecule has 7 heteroatoms. The summed E-state index contributed by atoms with van der Waals surface area (Å²) >= 11 is 1.43. The van der Waals surface area contributed by atoms with Gasteiger partial charge in [-0.1, -0.05) is 17.7 Å². The zero-order valence-corrected chi connectivity index (χ0v) is 15.7. The number of rotatable bonds is 6. The fourth-order valence-electron chi connectivity index (χ4n) is 2.63. The first-order chi connectivity index (χ1) is 12.6. The second-order valence-electron chi connectivity index (χ2n) is 5.93. The fourth-order valence-corrected chi connectivity index (χ4v) is 3.39. The van der Waals surface area contributed by atoms with Crippen LogP contribution >= 0.6 is 11.3 Å². The number of amides is 1. The molecule has 6 nitrogen and oxygen atoms in total. The van der Waals surface area contributed by atoms with Crippen molar-refractivity contribution < 1.29 is 9.53 Å². The minimum Gasteiger partial charge on any atom is -0.496 e. The number of nitrogens with zero attached hydrogens (tertiary/aromatic N) is 3. The highest BCUT2D eigenvalue weighted by Gasteiger charge is 2.16. The van der Waals surface area contributed by atoms with E-state index in [0.717, 1.165) is 16.9 Å². The van der Waals surface area contributed by atoms with Gasteiger partial charge in [0.1, 0.15) is 5.75 Å². The van der Waals surface area contributed by atoms with Crippen LogP contribution in [0.1, 0.15) is 29.8 Å². The molecular formula is C19H20N4O2S. The van der Waals surface area contributed by atoms with Crippen LogP contribution in [0.3, 0.4) is 0 Å². The minimum absolute atomic E-state index is 0.0908. The Labute approximate surface area is 156 Å². The summed E-state index contributed by atoms with van der Waals surface area (Å²) in [5, 5.41) is 5.58. The van der Waals surface area contributed by atoms with Crippen LogP contribution in [0.25, 0.3) is 10.8 Å². The summed E-state index contributed by atoms with van der Waals surface area (Å²) in [7, 11) is 1.63. The lowest BCUT2D eigenvalue weighted by molar-refractivity contribution is -0.121. The Morgan fingerprint density at radius 1 is 1.31 bits per heavy atom. The molecule has 0 radical (unpaired) electrons. The van der Waals surface area contributed by atoms with E-state index >= 15 is 0 Å². The van der Waals surface area contributed by atoms with Gasteiger partial charge in [-0.3, -0.25) is 4.79 Å². The van der Waals surface area contributed by atoms with Crippen molar-refractivity contribution >= 4 is 17.2 Å². The monoisotopic (exact) mass is 368 g/mol. The van der Waals surface area contributed by atoms with Gasteiger partial charge in [0, 0.05) is 23.3 Å². The average molecular weight is 368 g/mol. The topological polar surface area (TPSA) is 77.0 Å². The Kier molecular flexibility index (Phi) is 5.58. The number of benzene rings is 1. The first-order valence-corrected chi connectivity index (χ1v) is 9.10. The van der Waals surface area contributed by atoms with Crippen LogP contribution in [0.4, 0.5) is 0 Å². The normalized spacial score (nSPS) is 11.8. The lowest BCUT2D eigenvalue weighted by Gasteiger charge is -2.17. The fraction of sp³-hybridized carbons (Fsp3) is 0.263. The van der Waals surface area contributed by atoms with Gasteiger partial charge in [0.2, 0.25) is 5.91 Å². The molecule has 1 unspecified atom stereocenters. The number of thiazole rings is 1. The van der Waals surface area contributed by atoms with Gasteiger partial charge in [-0.2, -0.15) is 0 Å². The summed E-state index contributed by atoms with van der Waals surface area (Å²) in [6.45, 7) is 3.96. The molecule has 0 aliphatic carbocycles. The van der Waals surface area contributed by atoms with E-state index in [1.165, 1.54) is 11.3 Å². The van der Waals surface area contributed by atoms with Crippen LogP contribution in [-0.2, 0) is 11.2 Å².